The molecular weight excluding hydrogens is 286 g/mol. The van der Waals surface area contributed by atoms with E-state index in [1.54, 1.807) is 0 Å². The lowest BCUT2D eigenvalue weighted by Crippen LogP contribution is -2.24. The highest BCUT2D eigenvalue weighted by Crippen LogP contribution is 2.32. The fourth-order valence-electron chi connectivity index (χ4n) is 2.27. The first-order valence-corrected chi connectivity index (χ1v) is 6.42. The molecule has 0 aliphatic carbocycles. The van der Waals surface area contributed by atoms with E-state index in [0.29, 0.717) is 0 Å². The molecule has 20 heavy (non-hydrogen) atoms. The molecule has 0 radical (unpaired) electrons. The number of non-ortho nitro benzene ring substituents is 1. The summed E-state index contributed by atoms with van der Waals surface area (Å²) in [5, 5.41) is 23.1. The fraction of sp³-hybridized carbons (Fsp3) is 0.417. The monoisotopic (exact) mass is 299 g/mol. The number of likely N-dealkylation sites (N-methyl/N-ethyl adjacent to an activating group) is 1. The largest absolute Gasteiger partial charge is 0.478 e. The molecule has 1 unspecified atom stereocenters. The smallest absolute Gasteiger partial charge is 0.338 e. The van der Waals surface area contributed by atoms with E-state index in [0.717, 1.165) is 31.6 Å². The van der Waals surface area contributed by atoms with Gasteiger partial charge < -0.3 is 15.3 Å². The minimum absolute atomic E-state index is 0.0474. The van der Waals surface area contributed by atoms with Crippen LogP contribution < -0.4 is 5.32 Å². The van der Waals surface area contributed by atoms with E-state index >= 15 is 0 Å². The second kappa shape index (κ2) is 5.64. The van der Waals surface area contributed by atoms with E-state index in [-0.39, 0.29) is 28.0 Å². The fourth-order valence-corrected chi connectivity index (χ4v) is 2.54. The van der Waals surface area contributed by atoms with E-state index in [1.165, 1.54) is 0 Å². The van der Waals surface area contributed by atoms with Crippen LogP contribution in [0.5, 0.6) is 0 Å². The van der Waals surface area contributed by atoms with Crippen LogP contribution in [0.4, 0.5) is 11.4 Å². The van der Waals surface area contributed by atoms with Gasteiger partial charge in [-0.2, -0.15) is 0 Å². The molecule has 1 aliphatic rings. The van der Waals surface area contributed by atoms with Crippen LogP contribution in [0.25, 0.3) is 0 Å². The molecule has 7 nitrogen and oxygen atoms in total. The third kappa shape index (κ3) is 3.00. The lowest BCUT2D eigenvalue weighted by atomic mass is 10.1. The lowest BCUT2D eigenvalue weighted by molar-refractivity contribution is -0.384. The number of benzene rings is 1. The van der Waals surface area contributed by atoms with Gasteiger partial charge in [-0.3, -0.25) is 10.1 Å². The minimum Gasteiger partial charge on any atom is -0.478 e. The maximum Gasteiger partial charge on any atom is 0.338 e. The Labute approximate surface area is 120 Å². The van der Waals surface area contributed by atoms with Crippen LogP contribution in [0.3, 0.4) is 0 Å². The van der Waals surface area contributed by atoms with Gasteiger partial charge in [0.2, 0.25) is 0 Å². The minimum atomic E-state index is -1.25. The molecule has 0 aromatic heterocycles. The highest BCUT2D eigenvalue weighted by molar-refractivity contribution is 6.34. The van der Waals surface area contributed by atoms with Crippen molar-refractivity contribution in [2.45, 2.75) is 12.5 Å². The number of halogens is 1. The number of aromatic carboxylic acids is 1. The van der Waals surface area contributed by atoms with Crippen molar-refractivity contribution in [1.82, 2.24) is 4.90 Å². The van der Waals surface area contributed by atoms with Crippen LogP contribution in [-0.4, -0.2) is 47.1 Å². The maximum absolute atomic E-state index is 11.3. The van der Waals surface area contributed by atoms with Gasteiger partial charge in [-0.1, -0.05) is 11.6 Å². The summed E-state index contributed by atoms with van der Waals surface area (Å²) in [6.07, 6.45) is 0.864. The van der Waals surface area contributed by atoms with E-state index in [1.807, 2.05) is 7.05 Å². The highest BCUT2D eigenvalue weighted by atomic mass is 35.5. The van der Waals surface area contributed by atoms with Crippen molar-refractivity contribution in [3.63, 3.8) is 0 Å². The van der Waals surface area contributed by atoms with Crippen molar-refractivity contribution in [2.24, 2.45) is 0 Å². The Morgan fingerprint density at radius 3 is 2.80 bits per heavy atom. The van der Waals surface area contributed by atoms with Gasteiger partial charge in [0.25, 0.3) is 5.69 Å². The number of carbonyl (C=O) groups is 1. The van der Waals surface area contributed by atoms with E-state index in [2.05, 4.69) is 10.2 Å². The molecule has 1 heterocycles. The molecule has 2 rings (SSSR count). The molecule has 1 fully saturated rings. The Kier molecular flexibility index (Phi) is 4.10. The molecule has 0 spiro atoms. The summed E-state index contributed by atoms with van der Waals surface area (Å²) in [7, 11) is 1.97. The van der Waals surface area contributed by atoms with Crippen LogP contribution in [0.1, 0.15) is 16.8 Å². The summed E-state index contributed by atoms with van der Waals surface area (Å²) in [6.45, 7) is 1.68. The number of nitrogens with zero attached hydrogens (tertiary/aromatic N) is 2. The van der Waals surface area contributed by atoms with E-state index in [9.17, 15) is 20.0 Å². The van der Waals surface area contributed by atoms with Crippen molar-refractivity contribution < 1.29 is 14.8 Å². The quantitative estimate of drug-likeness (QED) is 0.652. The average Bonchev–Trinajstić information content (AvgIpc) is 2.76. The van der Waals surface area contributed by atoms with E-state index < -0.39 is 10.9 Å². The van der Waals surface area contributed by atoms with Gasteiger partial charge in [0.1, 0.15) is 0 Å². The first-order chi connectivity index (χ1) is 9.38. The van der Waals surface area contributed by atoms with Crippen LogP contribution in [-0.2, 0) is 0 Å². The molecule has 0 bridgehead atoms. The molecule has 8 heteroatoms. The molecule has 1 aromatic rings. The van der Waals surface area contributed by atoms with Crippen molar-refractivity contribution in [3.8, 4) is 0 Å². The number of nitro groups is 1. The Bertz CT molecular complexity index is 564. The summed E-state index contributed by atoms with van der Waals surface area (Å²) in [5.41, 5.74) is -0.273. The average molecular weight is 300 g/mol. The molecule has 2 N–H and O–H groups in total. The summed E-state index contributed by atoms with van der Waals surface area (Å²) in [6, 6.07) is 2.27. The molecule has 1 aromatic carbocycles. The topological polar surface area (TPSA) is 95.7 Å². The molecular formula is C12H14ClN3O4. The number of anilines is 1. The summed E-state index contributed by atoms with van der Waals surface area (Å²) in [5.74, 6) is -1.25. The number of carboxylic acids is 1. The zero-order valence-electron chi connectivity index (χ0n) is 10.8. The van der Waals surface area contributed by atoms with Crippen LogP contribution in [0.2, 0.25) is 5.02 Å². The zero-order valence-corrected chi connectivity index (χ0v) is 11.6. The van der Waals surface area contributed by atoms with Crippen LogP contribution >= 0.6 is 11.6 Å². The third-order valence-corrected chi connectivity index (χ3v) is 3.55. The van der Waals surface area contributed by atoms with Crippen LogP contribution in [0.15, 0.2) is 12.1 Å². The SMILES string of the molecule is CN1CCC(Nc2c(Cl)cc([N+](=O)[O-])cc2C(=O)O)C1. The predicted molar refractivity (Wildman–Crippen MR) is 74.6 cm³/mol. The van der Waals surface area contributed by atoms with Crippen molar-refractivity contribution >= 4 is 28.9 Å². The van der Waals surface area contributed by atoms with Gasteiger partial charge >= 0.3 is 5.97 Å². The number of hydrogen-bond donors (Lipinski definition) is 2. The first kappa shape index (κ1) is 14.5. The normalized spacial score (nSPS) is 19.0. The molecule has 1 aliphatic heterocycles. The second-order valence-corrected chi connectivity index (χ2v) is 5.21. The van der Waals surface area contributed by atoms with Crippen molar-refractivity contribution in [2.75, 3.05) is 25.5 Å². The van der Waals surface area contributed by atoms with Gasteiger partial charge in [0.15, 0.2) is 0 Å². The summed E-state index contributed by atoms with van der Waals surface area (Å²) in [4.78, 5) is 23.5. The maximum atomic E-state index is 11.3. The standard InChI is InChI=1S/C12H14ClN3O4/c1-15-3-2-7(6-15)14-11-9(12(17)18)4-8(16(19)20)5-10(11)13/h4-5,7,14H,2-3,6H2,1H3,(H,17,18). The Morgan fingerprint density at radius 1 is 1.60 bits per heavy atom. The lowest BCUT2D eigenvalue weighted by Gasteiger charge is -2.17. The van der Waals surface area contributed by atoms with E-state index in [4.69, 9.17) is 11.6 Å². The van der Waals surface area contributed by atoms with Gasteiger partial charge in [-0.05, 0) is 20.0 Å². The van der Waals surface area contributed by atoms with Crippen LogP contribution in [0, 0.1) is 10.1 Å². The Hall–Kier alpha value is -1.86. The number of nitrogens with one attached hydrogen (secondary N) is 1. The van der Waals surface area contributed by atoms with Gasteiger partial charge in [-0.15, -0.1) is 0 Å². The predicted octanol–water partition coefficient (Wildman–Crippen LogP) is 2.06. The number of likely N-dealkylation sites (tertiary alicyclic amines) is 1. The first-order valence-electron chi connectivity index (χ1n) is 6.05. The summed E-state index contributed by atoms with van der Waals surface area (Å²) >= 11 is 5.99. The second-order valence-electron chi connectivity index (χ2n) is 4.80. The number of hydrogen-bond acceptors (Lipinski definition) is 5. The molecule has 1 saturated heterocycles. The number of nitro benzene ring substituents is 1. The Balaban J connectivity index is 2.35. The highest BCUT2D eigenvalue weighted by Gasteiger charge is 2.25. The Morgan fingerprint density at radius 2 is 2.30 bits per heavy atom. The molecule has 0 saturated carbocycles. The van der Waals surface area contributed by atoms with Gasteiger partial charge in [0.05, 0.1) is 21.2 Å². The van der Waals surface area contributed by atoms with Crippen molar-refractivity contribution in [3.05, 3.63) is 32.8 Å². The number of carboxylic acid groups (broad SMARTS) is 1. The van der Waals surface area contributed by atoms with Crippen molar-refractivity contribution in [1.29, 1.82) is 0 Å². The molecule has 1 atom stereocenters. The summed E-state index contributed by atoms with van der Waals surface area (Å²) < 4.78 is 0. The zero-order chi connectivity index (χ0) is 14.9. The van der Waals surface area contributed by atoms with Gasteiger partial charge in [-0.25, -0.2) is 4.79 Å². The molecule has 0 amide bonds. The third-order valence-electron chi connectivity index (χ3n) is 3.26. The van der Waals surface area contributed by atoms with Gasteiger partial charge in [0, 0.05) is 24.7 Å². The molecule has 108 valence electrons. The number of rotatable bonds is 4.